The number of fused-ring (bicyclic) bond motifs is 1. The number of carbonyl (C=O) groups excluding carboxylic acids is 3. The Balaban J connectivity index is 1.35. The van der Waals surface area contributed by atoms with Crippen molar-refractivity contribution in [3.63, 3.8) is 0 Å². The maximum absolute atomic E-state index is 13.6. The zero-order valence-corrected chi connectivity index (χ0v) is 19.8. The van der Waals surface area contributed by atoms with Crippen molar-refractivity contribution in [1.82, 2.24) is 14.8 Å². The molecule has 0 aromatic carbocycles. The van der Waals surface area contributed by atoms with Gasteiger partial charge in [0, 0.05) is 58.1 Å². The number of hydrogen-bond acceptors (Lipinski definition) is 7. The number of Topliss-reactive ketones (excluding diaryl/α,β-unsaturated/α-hetero) is 1. The van der Waals surface area contributed by atoms with Gasteiger partial charge in [0.05, 0.1) is 23.8 Å². The first-order chi connectivity index (χ1) is 17.1. The molecular weight excluding hydrogens is 450 g/mol. The van der Waals surface area contributed by atoms with E-state index in [4.69, 9.17) is 13.9 Å². The summed E-state index contributed by atoms with van der Waals surface area (Å²) in [5.41, 5.74) is 1.55. The highest BCUT2D eigenvalue weighted by molar-refractivity contribution is 6.09. The molecule has 2 aromatic rings. The van der Waals surface area contributed by atoms with E-state index in [1.54, 1.807) is 12.4 Å². The molecule has 0 spiro atoms. The van der Waals surface area contributed by atoms with Gasteiger partial charge in [0.25, 0.3) is 5.91 Å². The van der Waals surface area contributed by atoms with Gasteiger partial charge >= 0.3 is 0 Å². The van der Waals surface area contributed by atoms with Crippen LogP contribution in [0.15, 0.2) is 35.2 Å². The number of ether oxygens (including phenoxy) is 2. The molecule has 1 aliphatic carbocycles. The molecule has 186 valence electrons. The van der Waals surface area contributed by atoms with Crippen LogP contribution < -0.4 is 0 Å². The van der Waals surface area contributed by atoms with Gasteiger partial charge in [-0.3, -0.25) is 19.4 Å². The van der Waals surface area contributed by atoms with Crippen molar-refractivity contribution in [3.05, 3.63) is 53.2 Å². The second-order valence-corrected chi connectivity index (χ2v) is 9.56. The summed E-state index contributed by atoms with van der Waals surface area (Å²) >= 11 is 0. The average Bonchev–Trinajstić information content (AvgIpc) is 3.26. The fourth-order valence-corrected chi connectivity index (χ4v) is 5.10. The van der Waals surface area contributed by atoms with Gasteiger partial charge in [0.2, 0.25) is 5.91 Å². The molecule has 0 N–H and O–H groups in total. The molecule has 0 saturated carbocycles. The molecule has 2 aliphatic heterocycles. The number of hydrogen-bond donors (Lipinski definition) is 0. The van der Waals surface area contributed by atoms with Gasteiger partial charge in [-0.1, -0.05) is 6.07 Å². The number of aryl methyl sites for hydroxylation is 1. The molecular formula is C26H31N3O6. The molecule has 0 unspecified atom stereocenters. The number of ketones is 1. The highest BCUT2D eigenvalue weighted by Gasteiger charge is 2.36. The molecule has 2 saturated heterocycles. The summed E-state index contributed by atoms with van der Waals surface area (Å²) in [6, 6.07) is 3.78. The van der Waals surface area contributed by atoms with Crippen molar-refractivity contribution in [2.45, 2.75) is 44.8 Å². The summed E-state index contributed by atoms with van der Waals surface area (Å²) in [4.78, 5) is 46.8. The van der Waals surface area contributed by atoms with Gasteiger partial charge in [-0.05, 0) is 36.8 Å². The maximum Gasteiger partial charge on any atom is 0.258 e. The van der Waals surface area contributed by atoms with E-state index >= 15 is 0 Å². The van der Waals surface area contributed by atoms with E-state index in [0.717, 1.165) is 24.8 Å². The maximum atomic E-state index is 13.6. The number of aromatic nitrogens is 1. The minimum atomic E-state index is -0.371. The van der Waals surface area contributed by atoms with E-state index in [1.807, 2.05) is 17.0 Å². The number of amides is 2. The Bertz CT molecular complexity index is 1060. The number of carbonyl (C=O) groups is 3. The fraction of sp³-hybridized carbons (Fsp3) is 0.538. The van der Waals surface area contributed by atoms with Crippen LogP contribution in [0.3, 0.4) is 0 Å². The van der Waals surface area contributed by atoms with Crippen LogP contribution in [-0.2, 0) is 27.3 Å². The highest BCUT2D eigenvalue weighted by Crippen LogP contribution is 2.28. The lowest BCUT2D eigenvalue weighted by molar-refractivity contribution is -0.132. The van der Waals surface area contributed by atoms with Crippen LogP contribution in [0.2, 0.25) is 0 Å². The summed E-state index contributed by atoms with van der Waals surface area (Å²) < 4.78 is 17.2. The van der Waals surface area contributed by atoms with Crippen LogP contribution in [0.5, 0.6) is 0 Å². The third kappa shape index (κ3) is 5.46. The minimum Gasteiger partial charge on any atom is -0.468 e. The molecule has 2 fully saturated rings. The molecule has 3 aliphatic rings. The molecule has 0 radical (unpaired) electrons. The lowest BCUT2D eigenvalue weighted by atomic mass is 9.93. The second kappa shape index (κ2) is 10.7. The average molecular weight is 482 g/mol. The molecule has 5 rings (SSSR count). The third-order valence-corrected chi connectivity index (χ3v) is 7.03. The molecule has 2 aromatic heterocycles. The van der Waals surface area contributed by atoms with E-state index in [0.29, 0.717) is 63.0 Å². The number of rotatable bonds is 6. The zero-order chi connectivity index (χ0) is 24.2. The Hall–Kier alpha value is -3.04. The van der Waals surface area contributed by atoms with Crippen LogP contribution in [-0.4, -0.2) is 77.9 Å². The predicted octanol–water partition coefficient (Wildman–Crippen LogP) is 2.49. The van der Waals surface area contributed by atoms with Crippen molar-refractivity contribution in [3.8, 4) is 0 Å². The van der Waals surface area contributed by atoms with Gasteiger partial charge in [0.15, 0.2) is 5.78 Å². The van der Waals surface area contributed by atoms with Crippen molar-refractivity contribution in [1.29, 1.82) is 0 Å². The smallest absolute Gasteiger partial charge is 0.258 e. The largest absolute Gasteiger partial charge is 0.468 e. The van der Waals surface area contributed by atoms with Crippen LogP contribution in [0, 0.1) is 5.92 Å². The number of nitrogens with zero attached hydrogens (tertiary/aromatic N) is 3. The molecule has 9 nitrogen and oxygen atoms in total. The molecule has 2 amide bonds. The van der Waals surface area contributed by atoms with Crippen LogP contribution in [0.1, 0.15) is 57.7 Å². The monoisotopic (exact) mass is 481 g/mol. The van der Waals surface area contributed by atoms with Gasteiger partial charge in [0.1, 0.15) is 18.6 Å². The van der Waals surface area contributed by atoms with E-state index < -0.39 is 0 Å². The summed E-state index contributed by atoms with van der Waals surface area (Å²) in [5.74, 6) is 0.390. The van der Waals surface area contributed by atoms with Crippen molar-refractivity contribution < 1.29 is 28.3 Å². The molecule has 4 heterocycles. The van der Waals surface area contributed by atoms with E-state index in [-0.39, 0.29) is 42.4 Å². The summed E-state index contributed by atoms with van der Waals surface area (Å²) in [6.07, 6.45) is 8.05. The summed E-state index contributed by atoms with van der Waals surface area (Å²) in [6.45, 7) is 2.97. The molecule has 35 heavy (non-hydrogen) atoms. The lowest BCUT2D eigenvalue weighted by Gasteiger charge is -2.30. The standard InChI is InChI=1S/C26H31N3O6/c30-22-4-1-5-23-25(22)21(17-35-23)26(32)29-14-20(34-16-19-3-2-8-27-11-19)13-28(24(31)15-29)12-18-6-9-33-10-7-18/h2-3,8,11,17-18,20H,1,4-7,9-10,12-16H2/t20-/m1/s1. The highest BCUT2D eigenvalue weighted by atomic mass is 16.5. The minimum absolute atomic E-state index is 0.0526. The molecule has 1 atom stereocenters. The Morgan fingerprint density at radius 1 is 1.17 bits per heavy atom. The first-order valence-electron chi connectivity index (χ1n) is 12.4. The zero-order valence-electron chi connectivity index (χ0n) is 19.8. The topological polar surface area (TPSA) is 102 Å². The normalized spacial score (nSPS) is 21.7. The number of furan rings is 1. The Morgan fingerprint density at radius 2 is 2.03 bits per heavy atom. The van der Waals surface area contributed by atoms with E-state index in [2.05, 4.69) is 4.98 Å². The summed E-state index contributed by atoms with van der Waals surface area (Å²) in [7, 11) is 0. The quantitative estimate of drug-likeness (QED) is 0.625. The Morgan fingerprint density at radius 3 is 2.83 bits per heavy atom. The SMILES string of the molecule is O=C1CCCc2occ(C(=O)N3CC(=O)N(CC4CCOCC4)C[C@@H](OCc4cccnc4)C3)c21. The predicted molar refractivity (Wildman–Crippen MR) is 125 cm³/mol. The van der Waals surface area contributed by atoms with Gasteiger partial charge in [-0.15, -0.1) is 0 Å². The fourth-order valence-electron chi connectivity index (χ4n) is 5.10. The summed E-state index contributed by atoms with van der Waals surface area (Å²) in [5, 5.41) is 0. The molecule has 0 bridgehead atoms. The number of pyridine rings is 1. The van der Waals surface area contributed by atoms with Crippen LogP contribution in [0.4, 0.5) is 0 Å². The second-order valence-electron chi connectivity index (χ2n) is 9.56. The molecule has 9 heteroatoms. The van der Waals surface area contributed by atoms with Gasteiger partial charge in [-0.2, -0.15) is 0 Å². The van der Waals surface area contributed by atoms with Crippen LogP contribution in [0.25, 0.3) is 0 Å². The van der Waals surface area contributed by atoms with Crippen molar-refractivity contribution in [2.24, 2.45) is 5.92 Å². The third-order valence-electron chi connectivity index (χ3n) is 7.03. The van der Waals surface area contributed by atoms with Gasteiger partial charge < -0.3 is 23.7 Å². The Labute approximate surface area is 204 Å². The lowest BCUT2D eigenvalue weighted by Crippen LogP contribution is -2.42. The Kier molecular flexibility index (Phi) is 7.24. The van der Waals surface area contributed by atoms with Crippen molar-refractivity contribution >= 4 is 17.6 Å². The van der Waals surface area contributed by atoms with E-state index in [9.17, 15) is 14.4 Å². The van der Waals surface area contributed by atoms with Gasteiger partial charge in [-0.25, -0.2) is 0 Å². The van der Waals surface area contributed by atoms with Crippen LogP contribution >= 0.6 is 0 Å². The first kappa shape index (κ1) is 23.7. The van der Waals surface area contributed by atoms with E-state index in [1.165, 1.54) is 11.2 Å². The first-order valence-corrected chi connectivity index (χ1v) is 12.4. The van der Waals surface area contributed by atoms with Crippen molar-refractivity contribution in [2.75, 3.05) is 39.4 Å².